The lowest BCUT2D eigenvalue weighted by Gasteiger charge is -2.00. The Labute approximate surface area is 138 Å². The van der Waals surface area contributed by atoms with Crippen molar-refractivity contribution in [1.82, 2.24) is 0 Å². The molecule has 1 heterocycles. The Bertz CT molecular complexity index is 869. The number of carbonyl (C=O) groups excluding carboxylic acids is 1. The van der Waals surface area contributed by atoms with Crippen molar-refractivity contribution in [2.45, 2.75) is 0 Å². The maximum absolute atomic E-state index is 11.9. The highest BCUT2D eigenvalue weighted by Gasteiger charge is 2.09. The van der Waals surface area contributed by atoms with E-state index in [9.17, 15) is 4.79 Å². The first-order chi connectivity index (χ1) is 11.2. The van der Waals surface area contributed by atoms with Crippen LogP contribution in [0.3, 0.4) is 0 Å². The Morgan fingerprint density at radius 2 is 2.00 bits per heavy atom. The molecule has 23 heavy (non-hydrogen) atoms. The molecule has 1 amide bonds. The third-order valence-corrected chi connectivity index (χ3v) is 3.44. The maximum atomic E-state index is 11.9. The van der Waals surface area contributed by atoms with Crippen molar-refractivity contribution in [3.63, 3.8) is 0 Å². The SMILES string of the molecule is COc1cc(Cl)cc2cc(/C=C/C(=O)Nc3ccccc3)oc12. The highest BCUT2D eigenvalue weighted by Crippen LogP contribution is 2.32. The van der Waals surface area contributed by atoms with Crippen LogP contribution in [0.25, 0.3) is 17.0 Å². The van der Waals surface area contributed by atoms with Gasteiger partial charge in [-0.05, 0) is 30.3 Å². The molecule has 1 aromatic heterocycles. The van der Waals surface area contributed by atoms with Crippen LogP contribution in [0, 0.1) is 0 Å². The summed E-state index contributed by atoms with van der Waals surface area (Å²) in [6.45, 7) is 0. The van der Waals surface area contributed by atoms with E-state index in [0.29, 0.717) is 22.1 Å². The van der Waals surface area contributed by atoms with E-state index in [1.165, 1.54) is 6.08 Å². The van der Waals surface area contributed by atoms with Crippen molar-refractivity contribution < 1.29 is 13.9 Å². The van der Waals surface area contributed by atoms with Crippen LogP contribution in [0.4, 0.5) is 5.69 Å². The van der Waals surface area contributed by atoms with Gasteiger partial charge in [0.1, 0.15) is 5.76 Å². The molecule has 0 radical (unpaired) electrons. The van der Waals surface area contributed by atoms with Crippen molar-refractivity contribution in [3.05, 3.63) is 65.4 Å². The van der Waals surface area contributed by atoms with Gasteiger partial charge in [-0.2, -0.15) is 0 Å². The molecule has 4 nitrogen and oxygen atoms in total. The van der Waals surface area contributed by atoms with Gasteiger partial charge in [0, 0.05) is 28.2 Å². The number of methoxy groups -OCH3 is 1. The molecule has 0 bridgehead atoms. The Kier molecular flexibility index (Phi) is 4.35. The lowest BCUT2D eigenvalue weighted by molar-refractivity contribution is -0.111. The van der Waals surface area contributed by atoms with Crippen molar-refractivity contribution in [3.8, 4) is 5.75 Å². The molecule has 0 aliphatic rings. The number of nitrogens with one attached hydrogen (secondary N) is 1. The van der Waals surface area contributed by atoms with Crippen molar-refractivity contribution in [1.29, 1.82) is 0 Å². The van der Waals surface area contributed by atoms with Gasteiger partial charge in [0.15, 0.2) is 11.3 Å². The number of fused-ring (bicyclic) bond motifs is 1. The number of hydrogen-bond acceptors (Lipinski definition) is 3. The van der Waals surface area contributed by atoms with Crippen LogP contribution in [0.5, 0.6) is 5.75 Å². The first-order valence-corrected chi connectivity index (χ1v) is 7.35. The topological polar surface area (TPSA) is 51.5 Å². The predicted molar refractivity (Wildman–Crippen MR) is 91.9 cm³/mol. The maximum Gasteiger partial charge on any atom is 0.248 e. The third kappa shape index (κ3) is 3.55. The fourth-order valence-corrected chi connectivity index (χ4v) is 2.42. The molecule has 3 aromatic rings. The smallest absolute Gasteiger partial charge is 0.248 e. The third-order valence-electron chi connectivity index (χ3n) is 3.23. The van der Waals surface area contributed by atoms with Crippen molar-refractivity contribution in [2.75, 3.05) is 12.4 Å². The van der Waals surface area contributed by atoms with E-state index in [0.717, 1.165) is 11.1 Å². The fraction of sp³-hybridized carbons (Fsp3) is 0.0556. The summed E-state index contributed by atoms with van der Waals surface area (Å²) < 4.78 is 10.9. The summed E-state index contributed by atoms with van der Waals surface area (Å²) in [7, 11) is 1.55. The molecule has 0 aliphatic heterocycles. The summed E-state index contributed by atoms with van der Waals surface area (Å²) in [6.07, 6.45) is 3.02. The number of anilines is 1. The van der Waals surface area contributed by atoms with Crippen LogP contribution in [-0.4, -0.2) is 13.0 Å². The van der Waals surface area contributed by atoms with Gasteiger partial charge in [-0.1, -0.05) is 29.8 Å². The molecule has 0 fully saturated rings. The second-order valence-corrected chi connectivity index (χ2v) is 5.30. The number of hydrogen-bond donors (Lipinski definition) is 1. The first kappa shape index (κ1) is 15.2. The summed E-state index contributed by atoms with van der Waals surface area (Å²) in [5, 5.41) is 4.14. The molecule has 0 saturated carbocycles. The van der Waals surface area contributed by atoms with E-state index >= 15 is 0 Å². The molecule has 0 spiro atoms. The van der Waals surface area contributed by atoms with Gasteiger partial charge < -0.3 is 14.5 Å². The molecule has 0 aliphatic carbocycles. The average Bonchev–Trinajstić information content (AvgIpc) is 2.96. The van der Waals surface area contributed by atoms with Crippen LogP contribution in [0.15, 0.2) is 59.0 Å². The summed E-state index contributed by atoms with van der Waals surface area (Å²) >= 11 is 6.03. The van der Waals surface area contributed by atoms with Gasteiger partial charge in [0.25, 0.3) is 0 Å². The molecule has 116 valence electrons. The van der Waals surface area contributed by atoms with E-state index in [4.69, 9.17) is 20.8 Å². The molecule has 0 atom stereocenters. The van der Waals surface area contributed by atoms with Gasteiger partial charge in [-0.3, -0.25) is 4.79 Å². The molecule has 0 saturated heterocycles. The number of ether oxygens (including phenoxy) is 1. The number of para-hydroxylation sites is 1. The Hall–Kier alpha value is -2.72. The van der Waals surface area contributed by atoms with Crippen molar-refractivity contribution in [2.24, 2.45) is 0 Å². The van der Waals surface area contributed by atoms with Crippen LogP contribution in [-0.2, 0) is 4.79 Å². The van der Waals surface area contributed by atoms with E-state index in [-0.39, 0.29) is 5.91 Å². The van der Waals surface area contributed by atoms with E-state index in [2.05, 4.69) is 5.32 Å². The highest BCUT2D eigenvalue weighted by molar-refractivity contribution is 6.31. The van der Waals surface area contributed by atoms with Crippen LogP contribution < -0.4 is 10.1 Å². The van der Waals surface area contributed by atoms with Gasteiger partial charge in [0.2, 0.25) is 5.91 Å². The minimum absolute atomic E-state index is 0.235. The molecule has 5 heteroatoms. The molecule has 0 unspecified atom stereocenters. The fourth-order valence-electron chi connectivity index (χ4n) is 2.20. The lowest BCUT2D eigenvalue weighted by atomic mass is 10.2. The number of rotatable bonds is 4. The van der Waals surface area contributed by atoms with Gasteiger partial charge in [0.05, 0.1) is 7.11 Å². The zero-order valence-corrected chi connectivity index (χ0v) is 13.1. The Morgan fingerprint density at radius 3 is 2.74 bits per heavy atom. The van der Waals surface area contributed by atoms with E-state index in [1.807, 2.05) is 30.3 Å². The summed E-state index contributed by atoms with van der Waals surface area (Å²) in [5.74, 6) is 0.867. The standard InChI is InChI=1S/C18H14ClNO3/c1-22-16-11-13(19)9-12-10-15(23-18(12)16)7-8-17(21)20-14-5-3-2-4-6-14/h2-11H,1H3,(H,20,21)/b8-7+. The average molecular weight is 328 g/mol. The molecular formula is C18H14ClNO3. The second-order valence-electron chi connectivity index (χ2n) is 4.86. The highest BCUT2D eigenvalue weighted by atomic mass is 35.5. The van der Waals surface area contributed by atoms with Crippen LogP contribution in [0.2, 0.25) is 5.02 Å². The Balaban J connectivity index is 1.79. The summed E-state index contributed by atoms with van der Waals surface area (Å²) in [4.78, 5) is 11.9. The normalized spacial score (nSPS) is 11.0. The molecule has 3 rings (SSSR count). The predicted octanol–water partition coefficient (Wildman–Crippen LogP) is 4.75. The quantitative estimate of drug-likeness (QED) is 0.704. The second kappa shape index (κ2) is 6.58. The summed E-state index contributed by atoms with van der Waals surface area (Å²) in [5.41, 5.74) is 1.33. The van der Waals surface area contributed by atoms with Crippen molar-refractivity contribution >= 4 is 40.2 Å². The number of halogens is 1. The largest absolute Gasteiger partial charge is 0.493 e. The molecule has 2 aromatic carbocycles. The minimum atomic E-state index is -0.235. The number of carbonyl (C=O) groups is 1. The number of benzene rings is 2. The van der Waals surface area contributed by atoms with Gasteiger partial charge in [-0.15, -0.1) is 0 Å². The van der Waals surface area contributed by atoms with Gasteiger partial charge in [-0.25, -0.2) is 0 Å². The molecule has 1 N–H and O–H groups in total. The first-order valence-electron chi connectivity index (χ1n) is 6.97. The number of amides is 1. The lowest BCUT2D eigenvalue weighted by Crippen LogP contribution is -2.07. The molecular weight excluding hydrogens is 314 g/mol. The number of furan rings is 1. The monoisotopic (exact) mass is 327 g/mol. The van der Waals surface area contributed by atoms with Gasteiger partial charge >= 0.3 is 0 Å². The zero-order valence-electron chi connectivity index (χ0n) is 12.4. The minimum Gasteiger partial charge on any atom is -0.493 e. The Morgan fingerprint density at radius 1 is 1.22 bits per heavy atom. The van der Waals surface area contributed by atoms with E-state index < -0.39 is 0 Å². The zero-order chi connectivity index (χ0) is 16.2. The summed E-state index contributed by atoms with van der Waals surface area (Å²) in [6, 6.07) is 14.5. The van der Waals surface area contributed by atoms with E-state index in [1.54, 1.807) is 31.4 Å². The van der Waals surface area contributed by atoms with Crippen LogP contribution in [0.1, 0.15) is 5.76 Å². The van der Waals surface area contributed by atoms with Crippen LogP contribution >= 0.6 is 11.6 Å².